The van der Waals surface area contributed by atoms with Crippen LogP contribution in [0.25, 0.3) is 0 Å². The number of rotatable bonds is 3. The molecule has 1 heterocycles. The summed E-state index contributed by atoms with van der Waals surface area (Å²) in [5, 5.41) is 11.8. The van der Waals surface area contributed by atoms with Crippen LogP contribution in [-0.4, -0.2) is 17.5 Å². The van der Waals surface area contributed by atoms with Gasteiger partial charge in [0.15, 0.2) is 0 Å². The van der Waals surface area contributed by atoms with E-state index in [4.69, 9.17) is 11.6 Å². The molecule has 2 fully saturated rings. The maximum atomic E-state index is 11.2. The van der Waals surface area contributed by atoms with Crippen molar-refractivity contribution in [2.24, 2.45) is 5.92 Å². The van der Waals surface area contributed by atoms with Gasteiger partial charge >= 0.3 is 0 Å². The molecule has 0 amide bonds. The number of fused-ring (bicyclic) bond motifs is 1. The van der Waals surface area contributed by atoms with Gasteiger partial charge < -0.3 is 4.90 Å². The van der Waals surface area contributed by atoms with E-state index in [1.807, 2.05) is 0 Å². The van der Waals surface area contributed by atoms with E-state index in [-0.39, 0.29) is 10.6 Å². The van der Waals surface area contributed by atoms with Crippen molar-refractivity contribution >= 4 is 17.3 Å². The first-order chi connectivity index (χ1) is 10.1. The van der Waals surface area contributed by atoms with Gasteiger partial charge in [0.2, 0.25) is 0 Å². The Hall–Kier alpha value is -1.13. The second kappa shape index (κ2) is 6.32. The molecular weight excluding hydrogens is 288 g/mol. The quantitative estimate of drug-likeness (QED) is 0.689. The molecule has 2 aliphatic rings. The van der Waals surface area contributed by atoms with Crippen LogP contribution >= 0.6 is 11.6 Å². The van der Waals surface area contributed by atoms with Gasteiger partial charge in [-0.3, -0.25) is 10.1 Å². The van der Waals surface area contributed by atoms with Crippen molar-refractivity contribution in [1.29, 1.82) is 0 Å². The summed E-state index contributed by atoms with van der Waals surface area (Å²) < 4.78 is 0. The number of nitro benzene ring substituents is 1. The van der Waals surface area contributed by atoms with Crippen molar-refractivity contribution in [3.63, 3.8) is 0 Å². The highest BCUT2D eigenvalue weighted by Gasteiger charge is 2.37. The highest BCUT2D eigenvalue weighted by atomic mass is 35.5. The van der Waals surface area contributed by atoms with Gasteiger partial charge in [0.05, 0.1) is 23.1 Å². The number of quaternary nitrogens is 1. The summed E-state index contributed by atoms with van der Waals surface area (Å²) >= 11 is 6.04. The summed E-state index contributed by atoms with van der Waals surface area (Å²) in [5.41, 5.74) is 0.999. The lowest BCUT2D eigenvalue weighted by Gasteiger charge is -2.41. The fraction of sp³-hybridized carbons (Fsp3) is 0.625. The summed E-state index contributed by atoms with van der Waals surface area (Å²) in [7, 11) is 0. The Bertz CT molecular complexity index is 533. The molecule has 1 saturated heterocycles. The molecule has 1 aromatic rings. The Morgan fingerprint density at radius 1 is 1.24 bits per heavy atom. The zero-order valence-corrected chi connectivity index (χ0v) is 12.9. The van der Waals surface area contributed by atoms with E-state index in [1.54, 1.807) is 18.2 Å². The molecule has 1 aromatic carbocycles. The molecule has 0 aromatic heterocycles. The lowest BCUT2D eigenvalue weighted by atomic mass is 9.78. The van der Waals surface area contributed by atoms with Crippen molar-refractivity contribution in [3.8, 4) is 0 Å². The van der Waals surface area contributed by atoms with Crippen molar-refractivity contribution in [3.05, 3.63) is 38.9 Å². The monoisotopic (exact) mass is 309 g/mol. The van der Waals surface area contributed by atoms with E-state index in [9.17, 15) is 10.1 Å². The number of hydrogen-bond donors (Lipinski definition) is 1. The number of nitro groups is 1. The lowest BCUT2D eigenvalue weighted by Crippen LogP contribution is -3.16. The van der Waals surface area contributed by atoms with E-state index in [2.05, 4.69) is 0 Å². The SMILES string of the molecule is O=[N+]([O-])c1ccc(Cl)cc1C[NH+]1CCC[C@H]2CCCC[C@@H]21. The molecule has 1 N–H and O–H groups in total. The van der Waals surface area contributed by atoms with Crippen LogP contribution in [0.2, 0.25) is 5.02 Å². The Kier molecular flexibility index (Phi) is 4.45. The Labute approximate surface area is 130 Å². The number of nitrogens with one attached hydrogen (secondary N) is 1. The van der Waals surface area contributed by atoms with Gasteiger partial charge in [-0.25, -0.2) is 0 Å². The summed E-state index contributed by atoms with van der Waals surface area (Å²) in [4.78, 5) is 12.5. The molecule has 114 valence electrons. The predicted octanol–water partition coefficient (Wildman–Crippen LogP) is 2.99. The lowest BCUT2D eigenvalue weighted by molar-refractivity contribution is -0.949. The molecule has 1 unspecified atom stereocenters. The van der Waals surface area contributed by atoms with Crippen LogP contribution in [0.1, 0.15) is 44.1 Å². The average molecular weight is 310 g/mol. The molecule has 0 radical (unpaired) electrons. The number of benzene rings is 1. The smallest absolute Gasteiger partial charge is 0.278 e. The van der Waals surface area contributed by atoms with Crippen LogP contribution in [0.15, 0.2) is 18.2 Å². The highest BCUT2D eigenvalue weighted by Crippen LogP contribution is 2.29. The molecule has 3 atom stereocenters. The fourth-order valence-electron chi connectivity index (χ4n) is 4.21. The third kappa shape index (κ3) is 3.22. The Balaban J connectivity index is 1.82. The van der Waals surface area contributed by atoms with Crippen LogP contribution in [-0.2, 0) is 6.54 Å². The third-order valence-electron chi connectivity index (χ3n) is 5.16. The molecular formula is C16H22ClN2O2+. The molecule has 0 bridgehead atoms. The first-order valence-electron chi connectivity index (χ1n) is 7.92. The molecule has 21 heavy (non-hydrogen) atoms. The van der Waals surface area contributed by atoms with E-state index < -0.39 is 0 Å². The van der Waals surface area contributed by atoms with Gasteiger partial charge in [0.25, 0.3) is 5.69 Å². The molecule has 1 aliphatic heterocycles. The zero-order chi connectivity index (χ0) is 14.8. The van der Waals surface area contributed by atoms with Gasteiger partial charge in [-0.05, 0) is 44.2 Å². The van der Waals surface area contributed by atoms with Crippen LogP contribution in [0.5, 0.6) is 0 Å². The Morgan fingerprint density at radius 2 is 2.00 bits per heavy atom. The molecule has 0 spiro atoms. The number of likely N-dealkylation sites (tertiary alicyclic amines) is 1. The molecule has 4 nitrogen and oxygen atoms in total. The molecule has 3 rings (SSSR count). The van der Waals surface area contributed by atoms with Gasteiger partial charge in [0, 0.05) is 17.0 Å². The molecule has 1 saturated carbocycles. The van der Waals surface area contributed by atoms with E-state index in [1.165, 1.54) is 43.4 Å². The van der Waals surface area contributed by atoms with Crippen LogP contribution in [0.4, 0.5) is 5.69 Å². The first-order valence-corrected chi connectivity index (χ1v) is 8.30. The summed E-state index contributed by atoms with van der Waals surface area (Å²) in [5.74, 6) is 0.820. The third-order valence-corrected chi connectivity index (χ3v) is 5.40. The van der Waals surface area contributed by atoms with Gasteiger partial charge in [-0.1, -0.05) is 18.0 Å². The first kappa shape index (κ1) is 14.8. The maximum Gasteiger partial charge on any atom is 0.278 e. The second-order valence-electron chi connectivity index (χ2n) is 6.41. The van der Waals surface area contributed by atoms with Gasteiger partial charge in [-0.15, -0.1) is 0 Å². The van der Waals surface area contributed by atoms with Gasteiger partial charge in [0.1, 0.15) is 6.54 Å². The zero-order valence-electron chi connectivity index (χ0n) is 12.2. The number of piperidine rings is 1. The van der Waals surface area contributed by atoms with E-state index >= 15 is 0 Å². The second-order valence-corrected chi connectivity index (χ2v) is 6.84. The highest BCUT2D eigenvalue weighted by molar-refractivity contribution is 6.30. The fourth-order valence-corrected chi connectivity index (χ4v) is 4.40. The minimum atomic E-state index is -0.284. The van der Waals surface area contributed by atoms with Crippen molar-refractivity contribution in [1.82, 2.24) is 0 Å². The minimum Gasteiger partial charge on any atom is -0.328 e. The summed E-state index contributed by atoms with van der Waals surface area (Å²) in [6.45, 7) is 1.86. The van der Waals surface area contributed by atoms with Crippen LogP contribution in [0.3, 0.4) is 0 Å². The van der Waals surface area contributed by atoms with E-state index in [0.717, 1.165) is 24.6 Å². The van der Waals surface area contributed by atoms with Crippen LogP contribution < -0.4 is 4.90 Å². The number of hydrogen-bond acceptors (Lipinski definition) is 2. The number of nitrogens with zero attached hydrogens (tertiary/aromatic N) is 1. The molecule has 5 heteroatoms. The van der Waals surface area contributed by atoms with Crippen molar-refractivity contribution < 1.29 is 9.82 Å². The van der Waals surface area contributed by atoms with Gasteiger partial charge in [-0.2, -0.15) is 0 Å². The summed E-state index contributed by atoms with van der Waals surface area (Å²) in [6.07, 6.45) is 7.85. The summed E-state index contributed by atoms with van der Waals surface area (Å²) in [6, 6.07) is 5.61. The van der Waals surface area contributed by atoms with E-state index in [0.29, 0.717) is 11.1 Å². The minimum absolute atomic E-state index is 0.213. The van der Waals surface area contributed by atoms with Crippen molar-refractivity contribution in [2.45, 2.75) is 51.1 Å². The maximum absolute atomic E-state index is 11.2. The topological polar surface area (TPSA) is 47.6 Å². The average Bonchev–Trinajstić information content (AvgIpc) is 2.47. The standard InChI is InChI=1S/C16H21ClN2O2/c17-14-7-8-16(19(20)21)13(10-14)11-18-9-3-5-12-4-1-2-6-15(12)18/h7-8,10,12,15H,1-6,9,11H2/p+1/t12-,15+/m1/s1. The molecule has 1 aliphatic carbocycles. The van der Waals surface area contributed by atoms with Crippen molar-refractivity contribution in [2.75, 3.05) is 6.54 Å². The normalized spacial score (nSPS) is 28.9. The van der Waals surface area contributed by atoms with Crippen LogP contribution in [0, 0.1) is 16.0 Å². The Morgan fingerprint density at radius 3 is 2.81 bits per heavy atom. The predicted molar refractivity (Wildman–Crippen MR) is 82.6 cm³/mol. The number of halogens is 1. The largest absolute Gasteiger partial charge is 0.328 e.